The molecule has 0 fully saturated rings. The second kappa shape index (κ2) is 8.31. The fraction of sp³-hybridized carbons (Fsp3) is 0.214. The Morgan fingerprint density at radius 3 is 2.35 bits per heavy atom. The predicted octanol–water partition coefficient (Wildman–Crippen LogP) is 5.59. The van der Waals surface area contributed by atoms with E-state index in [1.165, 1.54) is 12.1 Å². The molecule has 126 valence electrons. The summed E-state index contributed by atoms with van der Waals surface area (Å²) in [5.74, 6) is -1.53. The summed E-state index contributed by atoms with van der Waals surface area (Å²) in [5, 5.41) is 0. The largest absolute Gasteiger partial charge is 0.417 e. The normalized spacial score (nSPS) is 10.8. The Kier molecular flexibility index (Phi) is 7.02. The van der Waals surface area contributed by atoms with Crippen LogP contribution in [0.15, 0.2) is 30.5 Å². The topological polar surface area (TPSA) is 22.1 Å². The molecule has 0 aliphatic heterocycles. The van der Waals surface area contributed by atoms with E-state index in [-0.39, 0.29) is 35.3 Å². The lowest BCUT2D eigenvalue weighted by atomic mass is 10.0. The second-order valence-corrected chi connectivity index (χ2v) is 4.50. The first-order chi connectivity index (χ1) is 10.4. The van der Waals surface area contributed by atoms with Crippen LogP contribution in [0.4, 0.5) is 22.0 Å². The Labute approximate surface area is 139 Å². The number of alkyl halides is 5. The van der Waals surface area contributed by atoms with Crippen molar-refractivity contribution in [2.75, 3.05) is 0 Å². The Morgan fingerprint density at radius 2 is 1.78 bits per heavy atom. The highest BCUT2D eigenvalue weighted by Crippen LogP contribution is 2.30. The molecule has 0 N–H and O–H groups in total. The van der Waals surface area contributed by atoms with E-state index in [0.29, 0.717) is 5.56 Å². The fourth-order valence-corrected chi connectivity index (χ4v) is 2.02. The summed E-state index contributed by atoms with van der Waals surface area (Å²) in [4.78, 5) is 3.70. The van der Waals surface area contributed by atoms with Gasteiger partial charge >= 0.3 is 6.61 Å². The van der Waals surface area contributed by atoms with E-state index in [1.54, 1.807) is 0 Å². The highest BCUT2D eigenvalue weighted by atomic mass is 35.5. The van der Waals surface area contributed by atoms with Crippen molar-refractivity contribution in [2.24, 2.45) is 0 Å². The van der Waals surface area contributed by atoms with Gasteiger partial charge in [-0.05, 0) is 23.8 Å². The van der Waals surface area contributed by atoms with Gasteiger partial charge in [0.05, 0.1) is 11.4 Å². The Balaban J connectivity index is 0.00000264. The van der Waals surface area contributed by atoms with Gasteiger partial charge in [0, 0.05) is 17.3 Å². The Hall–Kier alpha value is -1.60. The van der Waals surface area contributed by atoms with Crippen molar-refractivity contribution in [3.05, 3.63) is 47.4 Å². The predicted molar refractivity (Wildman–Crippen MR) is 78.0 cm³/mol. The summed E-state index contributed by atoms with van der Waals surface area (Å²) in [6, 6.07) is 4.54. The molecule has 0 saturated heterocycles. The Bertz CT molecular complexity index is 670. The summed E-state index contributed by atoms with van der Waals surface area (Å²) >= 11 is 5.64. The number of hydrogen-bond acceptors (Lipinski definition) is 2. The van der Waals surface area contributed by atoms with Crippen LogP contribution in [0.2, 0.25) is 0 Å². The number of ether oxygens (including phenoxy) is 1. The van der Waals surface area contributed by atoms with E-state index in [9.17, 15) is 22.0 Å². The fourth-order valence-electron chi connectivity index (χ4n) is 1.83. The van der Waals surface area contributed by atoms with Crippen LogP contribution >= 0.6 is 24.0 Å². The minimum Gasteiger partial charge on any atom is -0.417 e. The third-order valence-corrected chi connectivity index (χ3v) is 3.12. The number of benzene rings is 1. The van der Waals surface area contributed by atoms with Gasteiger partial charge in [0.2, 0.25) is 5.88 Å². The first-order valence-corrected chi connectivity index (χ1v) is 6.53. The molecule has 1 aromatic carbocycles. The molecule has 2 aromatic rings. The standard InChI is InChI=1S/C14H9ClF5NO.ClH/c15-5-8-3-9(6-21-13(8)22-14(19)20)7-1-2-11(16)10(4-7)12(17)18;/h1-4,6,12,14H,5H2;1H. The smallest absolute Gasteiger partial charge is 0.388 e. The summed E-state index contributed by atoms with van der Waals surface area (Å²) in [7, 11) is 0. The number of aromatic nitrogens is 1. The zero-order chi connectivity index (χ0) is 16.3. The highest BCUT2D eigenvalue weighted by molar-refractivity contribution is 6.17. The molecule has 2 rings (SSSR count). The van der Waals surface area contributed by atoms with Crippen LogP contribution in [-0.4, -0.2) is 11.6 Å². The van der Waals surface area contributed by atoms with Crippen molar-refractivity contribution in [1.82, 2.24) is 4.98 Å². The lowest BCUT2D eigenvalue weighted by Gasteiger charge is -2.11. The zero-order valence-electron chi connectivity index (χ0n) is 11.3. The minimum atomic E-state index is -3.06. The number of hydrogen-bond donors (Lipinski definition) is 0. The molecule has 0 aliphatic carbocycles. The van der Waals surface area contributed by atoms with Gasteiger partial charge < -0.3 is 4.74 Å². The van der Waals surface area contributed by atoms with E-state index < -0.39 is 24.4 Å². The molecule has 1 heterocycles. The second-order valence-electron chi connectivity index (χ2n) is 4.24. The molecule has 1 aromatic heterocycles. The van der Waals surface area contributed by atoms with E-state index in [0.717, 1.165) is 18.3 Å². The van der Waals surface area contributed by atoms with Crippen LogP contribution in [0.3, 0.4) is 0 Å². The average Bonchev–Trinajstić information content (AvgIpc) is 2.47. The van der Waals surface area contributed by atoms with Crippen molar-refractivity contribution >= 4 is 24.0 Å². The summed E-state index contributed by atoms with van der Waals surface area (Å²) < 4.78 is 67.3. The van der Waals surface area contributed by atoms with Crippen LogP contribution in [0.5, 0.6) is 5.88 Å². The molecule has 23 heavy (non-hydrogen) atoms. The minimum absolute atomic E-state index is 0. The van der Waals surface area contributed by atoms with Crippen LogP contribution < -0.4 is 4.74 Å². The maximum atomic E-state index is 13.3. The summed E-state index contributed by atoms with van der Waals surface area (Å²) in [6.45, 7) is -3.06. The van der Waals surface area contributed by atoms with Crippen molar-refractivity contribution in [2.45, 2.75) is 18.9 Å². The van der Waals surface area contributed by atoms with Gasteiger partial charge in [-0.3, -0.25) is 0 Å². The number of nitrogens with zero attached hydrogens (tertiary/aromatic N) is 1. The van der Waals surface area contributed by atoms with Gasteiger partial charge in [-0.1, -0.05) is 6.07 Å². The SMILES string of the molecule is Cl.Fc1ccc(-c2cnc(OC(F)F)c(CCl)c2)cc1C(F)F. The van der Waals surface area contributed by atoms with Crippen LogP contribution in [-0.2, 0) is 5.88 Å². The van der Waals surface area contributed by atoms with Gasteiger partial charge in [0.1, 0.15) is 5.82 Å². The number of halogens is 7. The number of rotatable bonds is 5. The third-order valence-electron chi connectivity index (χ3n) is 2.83. The molecule has 9 heteroatoms. The average molecular weight is 374 g/mol. The van der Waals surface area contributed by atoms with E-state index >= 15 is 0 Å². The van der Waals surface area contributed by atoms with Crippen molar-refractivity contribution < 1.29 is 26.7 Å². The van der Waals surface area contributed by atoms with Crippen molar-refractivity contribution in [1.29, 1.82) is 0 Å². The maximum Gasteiger partial charge on any atom is 0.388 e. The van der Waals surface area contributed by atoms with Gasteiger partial charge in [0.25, 0.3) is 6.43 Å². The number of pyridine rings is 1. The quantitative estimate of drug-likeness (QED) is 0.503. The monoisotopic (exact) mass is 373 g/mol. The third kappa shape index (κ3) is 4.68. The van der Waals surface area contributed by atoms with Gasteiger partial charge in [-0.2, -0.15) is 8.78 Å². The van der Waals surface area contributed by atoms with Crippen LogP contribution in [0.25, 0.3) is 11.1 Å². The van der Waals surface area contributed by atoms with Crippen molar-refractivity contribution in [3.63, 3.8) is 0 Å². The van der Waals surface area contributed by atoms with Gasteiger partial charge in [-0.15, -0.1) is 24.0 Å². The van der Waals surface area contributed by atoms with E-state index in [2.05, 4.69) is 9.72 Å². The van der Waals surface area contributed by atoms with Gasteiger partial charge in [-0.25, -0.2) is 18.2 Å². The van der Waals surface area contributed by atoms with Crippen LogP contribution in [0.1, 0.15) is 17.6 Å². The zero-order valence-corrected chi connectivity index (χ0v) is 12.9. The molecule has 0 amide bonds. The van der Waals surface area contributed by atoms with Crippen LogP contribution in [0, 0.1) is 5.82 Å². The lowest BCUT2D eigenvalue weighted by molar-refractivity contribution is -0.0533. The Morgan fingerprint density at radius 1 is 1.09 bits per heavy atom. The highest BCUT2D eigenvalue weighted by Gasteiger charge is 2.16. The lowest BCUT2D eigenvalue weighted by Crippen LogP contribution is -2.06. The molecule has 2 nitrogen and oxygen atoms in total. The molecule has 0 unspecified atom stereocenters. The molecule has 0 spiro atoms. The van der Waals surface area contributed by atoms with E-state index in [4.69, 9.17) is 11.6 Å². The first kappa shape index (κ1) is 19.4. The summed E-state index contributed by atoms with van der Waals surface area (Å²) in [6.07, 6.45) is -1.81. The molecule has 0 radical (unpaired) electrons. The molecule has 0 bridgehead atoms. The van der Waals surface area contributed by atoms with E-state index in [1.807, 2.05) is 0 Å². The molecule has 0 saturated carbocycles. The molecular weight excluding hydrogens is 364 g/mol. The molecule has 0 aliphatic rings. The summed E-state index contributed by atoms with van der Waals surface area (Å²) in [5.41, 5.74) is 0.0125. The molecule has 0 atom stereocenters. The van der Waals surface area contributed by atoms with Crippen molar-refractivity contribution in [3.8, 4) is 17.0 Å². The first-order valence-electron chi connectivity index (χ1n) is 6.00. The maximum absolute atomic E-state index is 13.3. The molecular formula is C14H10Cl2F5NO. The van der Waals surface area contributed by atoms with Gasteiger partial charge in [0.15, 0.2) is 0 Å².